The van der Waals surface area contributed by atoms with Crippen LogP contribution in [0.1, 0.15) is 34.7 Å². The third kappa shape index (κ3) is 7.18. The van der Waals surface area contributed by atoms with E-state index in [9.17, 15) is 5.11 Å². The average molecular weight is 892 g/mol. The Morgan fingerprint density at radius 2 is 1.16 bits per heavy atom. The van der Waals surface area contributed by atoms with E-state index in [4.69, 9.17) is 14.1 Å². The second-order valence-corrected chi connectivity index (χ2v) is 18.2. The van der Waals surface area contributed by atoms with Crippen LogP contribution < -0.4 is 0 Å². The van der Waals surface area contributed by atoms with Crippen molar-refractivity contribution in [2.24, 2.45) is 0 Å². The summed E-state index contributed by atoms with van der Waals surface area (Å²) < 4.78 is 29.5. The summed E-state index contributed by atoms with van der Waals surface area (Å²) in [6, 6.07) is 75.9. The van der Waals surface area contributed by atoms with E-state index in [2.05, 4.69) is 156 Å². The maximum atomic E-state index is 11.5. The normalized spacial score (nSPS) is 12.6. The highest BCUT2D eigenvalue weighted by Crippen LogP contribution is 2.45. The number of phenolic OH excluding ortho intramolecular Hbond substituents is 1. The molecule has 5 nitrogen and oxygen atoms in total. The summed E-state index contributed by atoms with van der Waals surface area (Å²) in [7, 11) is 0. The van der Waals surface area contributed by atoms with E-state index in [0.717, 1.165) is 83.3 Å². The first-order chi connectivity index (χ1) is 35.0. The van der Waals surface area contributed by atoms with Crippen molar-refractivity contribution in [1.82, 2.24) is 19.1 Å². The molecule has 12 rings (SSSR count). The predicted octanol–water partition coefficient (Wildman–Crippen LogP) is 16.2. The Kier molecular flexibility index (Phi) is 9.34. The molecule has 0 atom stereocenters. The van der Waals surface area contributed by atoms with Crippen LogP contribution in [0.15, 0.2) is 231 Å². The van der Waals surface area contributed by atoms with Gasteiger partial charge in [-0.1, -0.05) is 171 Å². The summed E-state index contributed by atoms with van der Waals surface area (Å²) in [5.74, 6) is 0.595. The topological polar surface area (TPSA) is 55.9 Å². The van der Waals surface area contributed by atoms with Gasteiger partial charge in [-0.25, -0.2) is 4.98 Å². The molecular formula is C64H48N4O. The second-order valence-electron chi connectivity index (χ2n) is 18.2. The van der Waals surface area contributed by atoms with Gasteiger partial charge in [-0.2, -0.15) is 0 Å². The third-order valence-corrected chi connectivity index (χ3v) is 13.7. The lowest BCUT2D eigenvalue weighted by Crippen LogP contribution is -2.18. The van der Waals surface area contributed by atoms with Crippen molar-refractivity contribution < 1.29 is 9.22 Å². The molecule has 0 aliphatic heterocycles. The maximum Gasteiger partial charge on any atom is 0.149 e. The molecule has 0 aliphatic rings. The van der Waals surface area contributed by atoms with Crippen LogP contribution in [0.3, 0.4) is 0 Å². The standard InChI is InChI=1S/C64H48N4O/c1-42-30-35-58(53(38-42)44-18-7-4-8-19-44)68-59-28-17-26-50(61(59)66-63(68)52-25-14-16-29-60(52)69)46-39-54-51-24-13-15-27-57(51)67(49-22-11-6-12-23-49)62(54)55(40-46)56-41-45(36-37-65-56)43-31-33-48(34-32-43)64(2,3)47-20-9-5-10-21-47/h4-41,69H,1-3H3/i1D3. The smallest absolute Gasteiger partial charge is 0.149 e. The van der Waals surface area contributed by atoms with E-state index in [1.807, 2.05) is 72.9 Å². The van der Waals surface area contributed by atoms with Crippen LogP contribution in [0.5, 0.6) is 5.75 Å². The molecule has 330 valence electrons. The lowest BCUT2D eigenvalue weighted by molar-refractivity contribution is 0.477. The predicted molar refractivity (Wildman–Crippen MR) is 285 cm³/mol. The minimum absolute atomic E-state index is 0.0777. The molecule has 0 saturated heterocycles. The molecule has 3 aromatic heterocycles. The number of pyridine rings is 1. The number of benzene rings is 9. The van der Waals surface area contributed by atoms with E-state index < -0.39 is 6.85 Å². The van der Waals surface area contributed by atoms with Gasteiger partial charge in [0.1, 0.15) is 11.6 Å². The highest BCUT2D eigenvalue weighted by Gasteiger charge is 2.26. The van der Waals surface area contributed by atoms with Crippen molar-refractivity contribution in [2.75, 3.05) is 0 Å². The second kappa shape index (κ2) is 16.8. The quantitative estimate of drug-likeness (QED) is 0.157. The van der Waals surface area contributed by atoms with Crippen molar-refractivity contribution in [3.63, 3.8) is 0 Å². The summed E-state index contributed by atoms with van der Waals surface area (Å²) in [5, 5.41) is 13.7. The average Bonchev–Trinajstić information content (AvgIpc) is 3.97. The van der Waals surface area contributed by atoms with Crippen molar-refractivity contribution in [1.29, 1.82) is 0 Å². The summed E-state index contributed by atoms with van der Waals surface area (Å²) in [6.07, 6.45) is 1.91. The first-order valence-electron chi connectivity index (χ1n) is 24.8. The molecule has 0 radical (unpaired) electrons. The van der Waals surface area contributed by atoms with Crippen molar-refractivity contribution in [3.05, 3.63) is 247 Å². The van der Waals surface area contributed by atoms with Gasteiger partial charge in [0, 0.05) is 48.9 Å². The number of phenols is 1. The van der Waals surface area contributed by atoms with Crippen molar-refractivity contribution in [2.45, 2.75) is 26.1 Å². The van der Waals surface area contributed by atoms with E-state index in [-0.39, 0.29) is 16.7 Å². The number of imidazole rings is 1. The Morgan fingerprint density at radius 3 is 1.94 bits per heavy atom. The third-order valence-electron chi connectivity index (χ3n) is 13.7. The molecule has 0 unspecified atom stereocenters. The molecular weight excluding hydrogens is 841 g/mol. The van der Waals surface area contributed by atoms with E-state index >= 15 is 0 Å². The SMILES string of the molecule is [2H]C([2H])([2H])c1ccc(-n2c(-c3ccccc3O)nc3c(-c4cc(-c5cc(-c6ccc(C(C)(C)c7ccccc7)cc6)ccn5)c5c(c4)c4ccccc4n5-c4ccccc4)cccc32)c(-c2ccccc2)c1. The number of hydrogen-bond donors (Lipinski definition) is 1. The molecule has 0 saturated carbocycles. The highest BCUT2D eigenvalue weighted by molar-refractivity contribution is 6.16. The largest absolute Gasteiger partial charge is 0.507 e. The number of nitrogens with zero attached hydrogens (tertiary/aromatic N) is 4. The summed E-state index contributed by atoms with van der Waals surface area (Å²) in [6.45, 7) is 2.21. The zero-order chi connectivity index (χ0) is 49.1. The number of hydrogen-bond acceptors (Lipinski definition) is 3. The fraction of sp³-hybridized carbons (Fsp3) is 0.0625. The van der Waals surface area contributed by atoms with E-state index in [1.165, 1.54) is 11.1 Å². The molecule has 0 bridgehead atoms. The fourth-order valence-corrected chi connectivity index (χ4v) is 10.2. The Balaban J connectivity index is 1.10. The monoisotopic (exact) mass is 891 g/mol. The van der Waals surface area contributed by atoms with Gasteiger partial charge in [-0.3, -0.25) is 9.55 Å². The number of aromatic nitrogens is 4. The number of aromatic hydroxyl groups is 1. The van der Waals surface area contributed by atoms with Crippen LogP contribution in [-0.2, 0) is 5.41 Å². The van der Waals surface area contributed by atoms with E-state index in [1.54, 1.807) is 24.3 Å². The van der Waals surface area contributed by atoms with Gasteiger partial charge < -0.3 is 9.67 Å². The lowest BCUT2D eigenvalue weighted by Gasteiger charge is -2.26. The fourth-order valence-electron chi connectivity index (χ4n) is 10.2. The molecule has 5 heteroatoms. The number of para-hydroxylation sites is 4. The zero-order valence-corrected chi connectivity index (χ0v) is 38.2. The van der Waals surface area contributed by atoms with Gasteiger partial charge in [0.25, 0.3) is 0 Å². The molecule has 3 heterocycles. The minimum Gasteiger partial charge on any atom is -0.507 e. The molecule has 12 aromatic rings. The van der Waals surface area contributed by atoms with Gasteiger partial charge in [-0.05, 0) is 113 Å². The minimum atomic E-state index is -2.33. The zero-order valence-electron chi connectivity index (χ0n) is 41.2. The first-order valence-corrected chi connectivity index (χ1v) is 23.3. The van der Waals surface area contributed by atoms with Gasteiger partial charge in [0.2, 0.25) is 0 Å². The molecule has 0 amide bonds. The van der Waals surface area contributed by atoms with Crippen LogP contribution in [0, 0.1) is 6.85 Å². The summed E-state index contributed by atoms with van der Waals surface area (Å²) in [4.78, 5) is 10.6. The molecule has 0 spiro atoms. The molecule has 0 fully saturated rings. The lowest BCUT2D eigenvalue weighted by atomic mass is 9.78. The molecule has 69 heavy (non-hydrogen) atoms. The van der Waals surface area contributed by atoms with Gasteiger partial charge in [0.05, 0.1) is 39.0 Å². The van der Waals surface area contributed by atoms with Gasteiger partial charge >= 0.3 is 0 Å². The Morgan fingerprint density at radius 1 is 0.478 bits per heavy atom. The molecule has 0 aliphatic carbocycles. The summed E-state index contributed by atoms with van der Waals surface area (Å²) in [5.41, 5.74) is 15.8. The van der Waals surface area contributed by atoms with E-state index in [0.29, 0.717) is 16.9 Å². The Bertz CT molecular complexity index is 3990. The van der Waals surface area contributed by atoms with Crippen LogP contribution >= 0.6 is 0 Å². The van der Waals surface area contributed by atoms with Gasteiger partial charge in [-0.15, -0.1) is 0 Å². The maximum absolute atomic E-state index is 11.5. The first kappa shape index (κ1) is 38.3. The van der Waals surface area contributed by atoms with Gasteiger partial charge in [0.15, 0.2) is 0 Å². The number of aryl methyl sites for hydroxylation is 1. The van der Waals surface area contributed by atoms with Crippen LogP contribution in [0.4, 0.5) is 0 Å². The molecule has 1 N–H and O–H groups in total. The van der Waals surface area contributed by atoms with Crippen molar-refractivity contribution in [3.8, 4) is 73.2 Å². The molecule has 9 aromatic carbocycles. The van der Waals surface area contributed by atoms with Crippen LogP contribution in [0.2, 0.25) is 0 Å². The number of fused-ring (bicyclic) bond motifs is 4. The van der Waals surface area contributed by atoms with Crippen LogP contribution in [0.25, 0.3) is 100 Å². The highest BCUT2D eigenvalue weighted by atomic mass is 16.3. The Labute approximate surface area is 406 Å². The summed E-state index contributed by atoms with van der Waals surface area (Å²) >= 11 is 0. The Hall–Kier alpha value is -8.80. The van der Waals surface area contributed by atoms with Crippen LogP contribution in [-0.4, -0.2) is 24.2 Å². The number of rotatable bonds is 9. The van der Waals surface area contributed by atoms with Crippen molar-refractivity contribution >= 4 is 32.8 Å².